The normalized spacial score (nSPS) is 45.4. The number of Topliss-reactive ketones (excluding diaryl/α,β-unsaturated/α-hetero) is 1. The second kappa shape index (κ2) is 15.7. The summed E-state index contributed by atoms with van der Waals surface area (Å²) in [4.78, 5) is 32.0. The smallest absolute Gasteiger partial charge is 0.316 e. The summed E-state index contributed by atoms with van der Waals surface area (Å²) in [5.41, 5.74) is -2.19. The van der Waals surface area contributed by atoms with Crippen LogP contribution in [0.25, 0.3) is 0 Å². The quantitative estimate of drug-likeness (QED) is 0.177. The van der Waals surface area contributed by atoms with E-state index in [1.165, 1.54) is 6.92 Å². The van der Waals surface area contributed by atoms with Gasteiger partial charge in [0, 0.05) is 24.5 Å². The first kappa shape index (κ1) is 38.8. The average Bonchev–Trinajstić information content (AvgIpc) is 2.98. The summed E-state index contributed by atoms with van der Waals surface area (Å²) in [7, 11) is 5.81. The molecule has 4 aliphatic rings. The van der Waals surface area contributed by atoms with Crippen molar-refractivity contribution in [3.8, 4) is 0 Å². The van der Waals surface area contributed by atoms with Gasteiger partial charge >= 0.3 is 5.97 Å². The van der Waals surface area contributed by atoms with Crippen molar-refractivity contribution in [3.63, 3.8) is 0 Å². The van der Waals surface area contributed by atoms with Crippen LogP contribution in [0.1, 0.15) is 87.5 Å². The van der Waals surface area contributed by atoms with Gasteiger partial charge in [-0.1, -0.05) is 25.9 Å². The minimum atomic E-state index is -1.43. The number of esters is 1. The predicted molar refractivity (Wildman–Crippen MR) is 174 cm³/mol. The fourth-order valence-corrected chi connectivity index (χ4v) is 7.98. The Hall–Kier alpha value is -1.67. The van der Waals surface area contributed by atoms with Crippen molar-refractivity contribution in [1.29, 1.82) is 0 Å². The van der Waals surface area contributed by atoms with Crippen molar-refractivity contribution in [2.45, 2.75) is 141 Å². The van der Waals surface area contributed by atoms with E-state index in [0.717, 1.165) is 0 Å². The summed E-state index contributed by atoms with van der Waals surface area (Å²) >= 11 is 0. The first-order chi connectivity index (χ1) is 21.4. The molecule has 4 rings (SSSR count). The lowest BCUT2D eigenvalue weighted by Gasteiger charge is -2.48. The maximum atomic E-state index is 14.2. The number of ether oxygens (including phenoxy) is 4. The molecule has 12 heteroatoms. The van der Waals surface area contributed by atoms with Crippen molar-refractivity contribution in [2.75, 3.05) is 34.3 Å². The summed E-state index contributed by atoms with van der Waals surface area (Å²) in [6.45, 7) is 15.3. The van der Waals surface area contributed by atoms with Crippen LogP contribution in [0.2, 0.25) is 0 Å². The summed E-state index contributed by atoms with van der Waals surface area (Å²) in [6, 6.07) is -0.319. The Kier molecular flexibility index (Phi) is 13.2. The van der Waals surface area contributed by atoms with Crippen LogP contribution in [0.5, 0.6) is 0 Å². The molecule has 0 aromatic rings. The van der Waals surface area contributed by atoms with E-state index < -0.39 is 59.4 Å². The van der Waals surface area contributed by atoms with E-state index in [0.29, 0.717) is 44.4 Å². The van der Waals surface area contributed by atoms with Crippen LogP contribution in [0, 0.1) is 23.7 Å². The number of hydrogen-bond donors (Lipinski definition) is 3. The standard InChI is InChI=1S/C34H61N3O9/c1-12-27-34(8,41)25-14-13-24(35-42)18-43-33(7,16-20(3)37(11)17-19(25)2)30(22(5)28(38)23(6)31(40)45-27)46-32-29(39)26(36(9)10)15-21(4)44-32/h19-23,25-27,29-30,32,39,41-42H,12-18H2,1-11H3/b35-24+/t19-,20+,21+,22-,23+,25+,26-,27+,29+,30+,32-,33+,34-/m0/s1. The topological polar surface area (TPSA) is 151 Å². The molecule has 0 radical (unpaired) electrons. The van der Waals surface area contributed by atoms with Crippen LogP contribution in [-0.2, 0) is 28.5 Å². The number of nitrogens with zero attached hydrogens (tertiary/aromatic N) is 3. The van der Waals surface area contributed by atoms with E-state index in [1.807, 2.05) is 46.8 Å². The zero-order chi connectivity index (χ0) is 34.7. The molecule has 0 saturated carbocycles. The predicted octanol–water partition coefficient (Wildman–Crippen LogP) is 3.09. The zero-order valence-electron chi connectivity index (χ0n) is 29.9. The van der Waals surface area contributed by atoms with Crippen LogP contribution in [0.15, 0.2) is 5.16 Å². The molecular formula is C34H61N3O9. The largest absolute Gasteiger partial charge is 0.459 e. The Morgan fingerprint density at radius 2 is 1.78 bits per heavy atom. The Morgan fingerprint density at radius 3 is 2.37 bits per heavy atom. The summed E-state index contributed by atoms with van der Waals surface area (Å²) < 4.78 is 25.5. The highest BCUT2D eigenvalue weighted by molar-refractivity contribution is 6.00. The van der Waals surface area contributed by atoms with Gasteiger partial charge in [-0.2, -0.15) is 0 Å². The van der Waals surface area contributed by atoms with Gasteiger partial charge in [-0.3, -0.25) is 9.59 Å². The van der Waals surface area contributed by atoms with E-state index in [1.54, 1.807) is 13.8 Å². The molecule has 266 valence electrons. The number of likely N-dealkylation sites (N-methyl/N-ethyl adjacent to an activating group) is 1. The molecule has 0 unspecified atom stereocenters. The lowest BCUT2D eigenvalue weighted by atomic mass is 9.72. The summed E-state index contributed by atoms with van der Waals surface area (Å²) in [5.74, 6) is -3.53. The van der Waals surface area contributed by atoms with Gasteiger partial charge < -0.3 is 44.2 Å². The molecule has 0 aliphatic carbocycles. The van der Waals surface area contributed by atoms with Gasteiger partial charge in [0.1, 0.15) is 23.7 Å². The minimum Gasteiger partial charge on any atom is -0.459 e. The van der Waals surface area contributed by atoms with E-state index >= 15 is 0 Å². The second-order valence-corrected chi connectivity index (χ2v) is 15.0. The van der Waals surface area contributed by atoms with E-state index in [2.05, 4.69) is 23.9 Å². The Balaban J connectivity index is 2.22. The molecule has 0 amide bonds. The number of aliphatic hydroxyl groups excluding tert-OH is 1. The van der Waals surface area contributed by atoms with Crippen LogP contribution in [-0.4, -0.2) is 131 Å². The molecule has 4 fully saturated rings. The maximum absolute atomic E-state index is 14.2. The lowest BCUT2D eigenvalue weighted by Crippen LogP contribution is -2.60. The highest BCUT2D eigenvalue weighted by Gasteiger charge is 2.51. The van der Waals surface area contributed by atoms with E-state index in [-0.39, 0.29) is 36.6 Å². The van der Waals surface area contributed by atoms with Gasteiger partial charge in [-0.05, 0) is 99.7 Å². The van der Waals surface area contributed by atoms with Gasteiger partial charge in [0.15, 0.2) is 12.1 Å². The Labute approximate surface area is 275 Å². The maximum Gasteiger partial charge on any atom is 0.316 e. The highest BCUT2D eigenvalue weighted by Crippen LogP contribution is 2.40. The SMILES string of the molecule is CC[C@H]1OC(=O)[C@H](C)C(=O)[C@H](C)[C@@H](O[C@@H]2O[C@H](C)C[C@H](N(C)C)[C@H]2O)[C@@]2(C)C[C@@H](C)N(C)C[C@H](C)[C@@H](CC/C(=N\O)CO2)[C@]1(C)O. The van der Waals surface area contributed by atoms with Crippen molar-refractivity contribution < 1.29 is 44.0 Å². The number of carbonyl (C=O) groups is 2. The third kappa shape index (κ3) is 8.48. The Morgan fingerprint density at radius 1 is 1.13 bits per heavy atom. The van der Waals surface area contributed by atoms with Gasteiger partial charge in [-0.15, -0.1) is 0 Å². The van der Waals surface area contributed by atoms with Crippen LogP contribution < -0.4 is 0 Å². The summed E-state index contributed by atoms with van der Waals surface area (Å²) in [5, 5.41) is 37.1. The molecule has 12 nitrogen and oxygen atoms in total. The number of rotatable bonds is 4. The number of fused-ring (bicyclic) bond motifs is 15. The molecule has 0 aromatic carbocycles. The van der Waals surface area contributed by atoms with E-state index in [4.69, 9.17) is 18.9 Å². The summed E-state index contributed by atoms with van der Waals surface area (Å²) in [6.07, 6.45) is -1.99. The monoisotopic (exact) mass is 655 g/mol. The van der Waals surface area contributed by atoms with Gasteiger partial charge in [-0.25, -0.2) is 0 Å². The van der Waals surface area contributed by atoms with Gasteiger partial charge in [0.05, 0.1) is 30.1 Å². The number of oxime groups is 1. The number of aliphatic hydroxyl groups is 2. The van der Waals surface area contributed by atoms with Gasteiger partial charge in [0.2, 0.25) is 0 Å². The van der Waals surface area contributed by atoms with Crippen molar-refractivity contribution in [3.05, 3.63) is 0 Å². The second-order valence-electron chi connectivity index (χ2n) is 15.0. The molecule has 4 heterocycles. The number of carbonyl (C=O) groups excluding carboxylic acids is 2. The molecule has 0 spiro atoms. The van der Waals surface area contributed by atoms with Crippen molar-refractivity contribution >= 4 is 17.5 Å². The molecule has 46 heavy (non-hydrogen) atoms. The van der Waals surface area contributed by atoms with Crippen LogP contribution in [0.4, 0.5) is 0 Å². The molecule has 4 saturated heterocycles. The van der Waals surface area contributed by atoms with Crippen LogP contribution >= 0.6 is 0 Å². The molecule has 0 aromatic heterocycles. The first-order valence-corrected chi connectivity index (χ1v) is 17.0. The van der Waals surface area contributed by atoms with Gasteiger partial charge in [0.25, 0.3) is 0 Å². The zero-order valence-corrected chi connectivity index (χ0v) is 29.9. The number of hydrogen-bond acceptors (Lipinski definition) is 12. The third-order valence-corrected chi connectivity index (χ3v) is 11.0. The van der Waals surface area contributed by atoms with Crippen molar-refractivity contribution in [1.82, 2.24) is 9.80 Å². The molecule has 2 bridgehead atoms. The number of ketones is 1. The first-order valence-electron chi connectivity index (χ1n) is 17.0. The lowest BCUT2D eigenvalue weighted by molar-refractivity contribution is -0.296. The van der Waals surface area contributed by atoms with Crippen LogP contribution in [0.3, 0.4) is 0 Å². The van der Waals surface area contributed by atoms with Crippen molar-refractivity contribution in [2.24, 2.45) is 28.8 Å². The molecule has 13 atom stereocenters. The van der Waals surface area contributed by atoms with E-state index in [9.17, 15) is 25.0 Å². The third-order valence-electron chi connectivity index (χ3n) is 11.0. The molecule has 3 N–H and O–H groups in total. The fourth-order valence-electron chi connectivity index (χ4n) is 7.98. The Bertz CT molecular complexity index is 1070. The minimum absolute atomic E-state index is 0.0351. The molecule has 4 aliphatic heterocycles. The molecular weight excluding hydrogens is 594 g/mol. The highest BCUT2D eigenvalue weighted by atomic mass is 16.7. The average molecular weight is 656 g/mol. The fraction of sp³-hybridized carbons (Fsp3) is 0.912.